The zero-order chi connectivity index (χ0) is 12.4. The van der Waals surface area contributed by atoms with Crippen molar-refractivity contribution in [2.24, 2.45) is 10.8 Å². The Balaban J connectivity index is 0. The summed E-state index contributed by atoms with van der Waals surface area (Å²) in [5.74, 6) is -2.47. The SMILES string of the molecule is CC(C)(C)C(=O)OC(=O)C(=O)C(C)(C)C.[LiH]. The molecule has 0 bridgehead atoms. The van der Waals surface area contributed by atoms with Crippen LogP contribution >= 0.6 is 0 Å². The van der Waals surface area contributed by atoms with Gasteiger partial charge < -0.3 is 4.74 Å². The van der Waals surface area contributed by atoms with Gasteiger partial charge in [-0.15, -0.1) is 0 Å². The van der Waals surface area contributed by atoms with E-state index >= 15 is 0 Å². The van der Waals surface area contributed by atoms with Crippen LogP contribution in [0, 0.1) is 10.8 Å². The average Bonchev–Trinajstić information content (AvgIpc) is 1.99. The summed E-state index contributed by atoms with van der Waals surface area (Å²) >= 11 is 0. The summed E-state index contributed by atoms with van der Waals surface area (Å²) in [7, 11) is 0. The third-order valence-corrected chi connectivity index (χ3v) is 1.66. The molecule has 4 nitrogen and oxygen atoms in total. The summed E-state index contributed by atoms with van der Waals surface area (Å²) < 4.78 is 4.48. The molecule has 0 radical (unpaired) electrons. The standard InChI is InChI=1S/C11H18O4.Li.H/c1-10(2,3)7(12)8(13)15-9(14)11(4,5)6;;/h1-6H3;;. The second-order valence-corrected chi connectivity index (χ2v) is 5.51. The van der Waals surface area contributed by atoms with Crippen molar-refractivity contribution in [2.45, 2.75) is 41.5 Å². The van der Waals surface area contributed by atoms with Gasteiger partial charge in [-0.05, 0) is 20.8 Å². The number of hydrogen-bond acceptors (Lipinski definition) is 4. The number of ether oxygens (including phenoxy) is 1. The molecule has 0 aromatic heterocycles. The van der Waals surface area contributed by atoms with Gasteiger partial charge in [0.15, 0.2) is 0 Å². The van der Waals surface area contributed by atoms with Crippen LogP contribution in [-0.4, -0.2) is 36.6 Å². The number of ketones is 1. The van der Waals surface area contributed by atoms with E-state index < -0.39 is 28.6 Å². The Bertz CT molecular complexity index is 294. The Morgan fingerprint density at radius 2 is 1.19 bits per heavy atom. The Morgan fingerprint density at radius 1 is 0.812 bits per heavy atom. The molecule has 0 aliphatic heterocycles. The molecule has 0 rings (SSSR count). The molecule has 0 spiro atoms. The van der Waals surface area contributed by atoms with Crippen LogP contribution < -0.4 is 0 Å². The van der Waals surface area contributed by atoms with Crippen molar-refractivity contribution in [1.29, 1.82) is 0 Å². The van der Waals surface area contributed by atoms with Gasteiger partial charge in [-0.2, -0.15) is 0 Å². The van der Waals surface area contributed by atoms with Crippen molar-refractivity contribution in [3.8, 4) is 0 Å². The maximum atomic E-state index is 11.4. The van der Waals surface area contributed by atoms with Crippen LogP contribution in [0.4, 0.5) is 0 Å². The van der Waals surface area contributed by atoms with Gasteiger partial charge in [-0.1, -0.05) is 20.8 Å². The molecule has 0 aliphatic carbocycles. The molecule has 88 valence electrons. The van der Waals surface area contributed by atoms with Crippen LogP contribution in [0.15, 0.2) is 0 Å². The molecular weight excluding hydrogens is 203 g/mol. The summed E-state index contributed by atoms with van der Waals surface area (Å²) in [6.45, 7) is 9.63. The van der Waals surface area contributed by atoms with E-state index in [-0.39, 0.29) is 18.9 Å². The van der Waals surface area contributed by atoms with E-state index in [2.05, 4.69) is 4.74 Å². The van der Waals surface area contributed by atoms with E-state index in [9.17, 15) is 14.4 Å². The number of carbonyl (C=O) groups excluding carboxylic acids is 3. The molecule has 16 heavy (non-hydrogen) atoms. The molecule has 0 atom stereocenters. The first-order chi connectivity index (χ1) is 6.46. The number of Topliss-reactive ketones (excluding diaryl/α,β-unsaturated/α-hetero) is 1. The number of carbonyl (C=O) groups is 3. The molecule has 0 saturated heterocycles. The fraction of sp³-hybridized carbons (Fsp3) is 0.727. The van der Waals surface area contributed by atoms with Crippen molar-refractivity contribution in [2.75, 3.05) is 0 Å². The van der Waals surface area contributed by atoms with E-state index in [0.29, 0.717) is 0 Å². The van der Waals surface area contributed by atoms with Crippen LogP contribution in [-0.2, 0) is 19.1 Å². The topological polar surface area (TPSA) is 60.4 Å². The van der Waals surface area contributed by atoms with Crippen LogP contribution in [0.25, 0.3) is 0 Å². The minimum absolute atomic E-state index is 0. The Labute approximate surface area is 108 Å². The van der Waals surface area contributed by atoms with Crippen LogP contribution in [0.3, 0.4) is 0 Å². The number of hydrogen-bond donors (Lipinski definition) is 0. The van der Waals surface area contributed by atoms with E-state index in [1.807, 2.05) is 0 Å². The summed E-state index contributed by atoms with van der Waals surface area (Å²) in [5.41, 5.74) is -1.61. The molecule has 0 fully saturated rings. The zero-order valence-electron chi connectivity index (χ0n) is 10.1. The molecule has 0 aromatic rings. The summed E-state index contributed by atoms with van der Waals surface area (Å²) in [6.07, 6.45) is 0. The van der Waals surface area contributed by atoms with Gasteiger partial charge in [0, 0.05) is 5.41 Å². The summed E-state index contributed by atoms with van der Waals surface area (Å²) in [6, 6.07) is 0. The van der Waals surface area contributed by atoms with Gasteiger partial charge in [-0.25, -0.2) is 4.79 Å². The van der Waals surface area contributed by atoms with Gasteiger partial charge in [0.05, 0.1) is 5.41 Å². The molecule has 0 unspecified atom stereocenters. The Kier molecular flexibility index (Phi) is 6.28. The molecule has 0 aromatic carbocycles. The summed E-state index contributed by atoms with van der Waals surface area (Å²) in [4.78, 5) is 34.0. The minimum atomic E-state index is -1.08. The second kappa shape index (κ2) is 5.65. The Hall–Kier alpha value is -0.593. The molecule has 0 heterocycles. The van der Waals surface area contributed by atoms with Crippen LogP contribution in [0.1, 0.15) is 41.5 Å². The first-order valence-electron chi connectivity index (χ1n) is 4.77. The second-order valence-electron chi connectivity index (χ2n) is 5.51. The zero-order valence-corrected chi connectivity index (χ0v) is 10.1. The Morgan fingerprint density at radius 3 is 1.44 bits per heavy atom. The summed E-state index contributed by atoms with van der Waals surface area (Å²) in [5, 5.41) is 0. The van der Waals surface area contributed by atoms with Crippen molar-refractivity contribution in [3.05, 3.63) is 0 Å². The molecule has 5 heteroatoms. The first-order valence-corrected chi connectivity index (χ1v) is 4.77. The maximum absolute atomic E-state index is 11.4. The van der Waals surface area contributed by atoms with Crippen molar-refractivity contribution in [3.63, 3.8) is 0 Å². The van der Waals surface area contributed by atoms with Crippen LogP contribution in [0.2, 0.25) is 0 Å². The fourth-order valence-corrected chi connectivity index (χ4v) is 0.590. The van der Waals surface area contributed by atoms with E-state index in [1.54, 1.807) is 41.5 Å². The van der Waals surface area contributed by atoms with Crippen molar-refractivity contribution < 1.29 is 19.1 Å². The third-order valence-electron chi connectivity index (χ3n) is 1.66. The molecule has 0 aliphatic rings. The van der Waals surface area contributed by atoms with Crippen LogP contribution in [0.5, 0.6) is 0 Å². The van der Waals surface area contributed by atoms with Crippen molar-refractivity contribution >= 4 is 36.6 Å². The average molecular weight is 222 g/mol. The quantitative estimate of drug-likeness (QED) is 0.288. The van der Waals surface area contributed by atoms with Gasteiger partial charge in [0.25, 0.3) is 0 Å². The fourth-order valence-electron chi connectivity index (χ4n) is 0.590. The van der Waals surface area contributed by atoms with Crippen molar-refractivity contribution in [1.82, 2.24) is 0 Å². The molecule has 0 N–H and O–H groups in total. The van der Waals surface area contributed by atoms with Gasteiger partial charge in [-0.3, -0.25) is 9.59 Å². The first kappa shape index (κ1) is 17.8. The van der Waals surface area contributed by atoms with E-state index in [0.717, 1.165) is 0 Å². The van der Waals surface area contributed by atoms with E-state index in [1.165, 1.54) is 0 Å². The van der Waals surface area contributed by atoms with Gasteiger partial charge >= 0.3 is 30.8 Å². The predicted molar refractivity (Wildman–Crippen MR) is 62.2 cm³/mol. The predicted octanol–water partition coefficient (Wildman–Crippen LogP) is 1.07. The number of esters is 2. The molecule has 0 saturated carbocycles. The molecule has 0 amide bonds. The number of rotatable bonds is 1. The normalized spacial score (nSPS) is 11.4. The van der Waals surface area contributed by atoms with E-state index in [4.69, 9.17) is 0 Å². The third kappa shape index (κ3) is 5.48. The van der Waals surface area contributed by atoms with Gasteiger partial charge in [0.2, 0.25) is 5.78 Å². The van der Waals surface area contributed by atoms with Gasteiger partial charge in [0.1, 0.15) is 0 Å². The molecular formula is C11H19LiO4. The monoisotopic (exact) mass is 222 g/mol.